The van der Waals surface area contributed by atoms with Gasteiger partial charge in [0.05, 0.1) is 0 Å². The lowest BCUT2D eigenvalue weighted by molar-refractivity contribution is 0.346. The van der Waals surface area contributed by atoms with Gasteiger partial charge in [-0.15, -0.1) is 0 Å². The summed E-state index contributed by atoms with van der Waals surface area (Å²) in [6, 6.07) is 0. The molecule has 0 amide bonds. The number of nitrogens with zero attached hydrogens (tertiary/aromatic N) is 2. The third-order valence-electron chi connectivity index (χ3n) is 4.36. The Morgan fingerprint density at radius 2 is 1.65 bits per heavy atom. The zero-order chi connectivity index (χ0) is 12.1. The predicted octanol–water partition coefficient (Wildman–Crippen LogP) is 2.76. The van der Waals surface area contributed by atoms with E-state index in [0.717, 1.165) is 25.6 Å². The summed E-state index contributed by atoms with van der Waals surface area (Å²) in [7, 11) is 0. The van der Waals surface area contributed by atoms with Crippen LogP contribution in [0, 0.1) is 5.41 Å². The quantitative estimate of drug-likeness (QED) is 0.592. The van der Waals surface area contributed by atoms with Crippen LogP contribution in [0.15, 0.2) is 4.99 Å². The number of aliphatic imine (C=N–C) groups is 1. The Bertz CT molecular complexity index is 259. The number of rotatable bonds is 2. The minimum Gasteiger partial charge on any atom is -0.370 e. The molecule has 2 rings (SSSR count). The molecule has 0 radical (unpaired) electrons. The van der Waals surface area contributed by atoms with E-state index in [-0.39, 0.29) is 0 Å². The normalized spacial score (nSPS) is 25.9. The largest absolute Gasteiger partial charge is 0.370 e. The smallest absolute Gasteiger partial charge is 0.191 e. The second kappa shape index (κ2) is 5.74. The molecule has 0 spiro atoms. The lowest BCUT2D eigenvalue weighted by atomic mass is 9.89. The van der Waals surface area contributed by atoms with E-state index >= 15 is 0 Å². The second-order valence-electron chi connectivity index (χ2n) is 6.09. The van der Waals surface area contributed by atoms with Crippen molar-refractivity contribution in [3.63, 3.8) is 0 Å². The maximum Gasteiger partial charge on any atom is 0.191 e. The summed E-state index contributed by atoms with van der Waals surface area (Å²) in [4.78, 5) is 6.95. The molecule has 17 heavy (non-hydrogen) atoms. The Labute approximate surface area is 105 Å². The SMILES string of the molecule is CC1(CN=C(N)N2CCCCCC2)CCCC1. The van der Waals surface area contributed by atoms with E-state index in [2.05, 4.69) is 16.8 Å². The monoisotopic (exact) mass is 237 g/mol. The molecule has 1 aliphatic carbocycles. The molecule has 3 heteroatoms. The van der Waals surface area contributed by atoms with Crippen LogP contribution < -0.4 is 5.73 Å². The van der Waals surface area contributed by atoms with Crippen molar-refractivity contribution in [2.24, 2.45) is 16.1 Å². The molecule has 0 aromatic heterocycles. The Hall–Kier alpha value is -0.730. The highest BCUT2D eigenvalue weighted by molar-refractivity contribution is 5.78. The van der Waals surface area contributed by atoms with E-state index in [0.29, 0.717) is 5.41 Å². The van der Waals surface area contributed by atoms with Crippen LogP contribution in [-0.2, 0) is 0 Å². The van der Waals surface area contributed by atoms with Gasteiger partial charge in [-0.1, -0.05) is 32.6 Å². The maximum absolute atomic E-state index is 6.13. The van der Waals surface area contributed by atoms with Crippen molar-refractivity contribution in [3.05, 3.63) is 0 Å². The van der Waals surface area contributed by atoms with Gasteiger partial charge in [-0.25, -0.2) is 0 Å². The van der Waals surface area contributed by atoms with Crippen LogP contribution in [0.4, 0.5) is 0 Å². The summed E-state index contributed by atoms with van der Waals surface area (Å²) >= 11 is 0. The van der Waals surface area contributed by atoms with Gasteiger partial charge < -0.3 is 10.6 Å². The minimum absolute atomic E-state index is 0.427. The van der Waals surface area contributed by atoms with Crippen LogP contribution >= 0.6 is 0 Å². The van der Waals surface area contributed by atoms with Crippen LogP contribution in [0.25, 0.3) is 0 Å². The van der Waals surface area contributed by atoms with Gasteiger partial charge in [-0.3, -0.25) is 4.99 Å². The molecule has 0 atom stereocenters. The fourth-order valence-corrected chi connectivity index (χ4v) is 3.06. The Balaban J connectivity index is 1.86. The van der Waals surface area contributed by atoms with Gasteiger partial charge in [0.15, 0.2) is 5.96 Å². The lowest BCUT2D eigenvalue weighted by Crippen LogP contribution is -2.38. The highest BCUT2D eigenvalue weighted by atomic mass is 15.2. The fraction of sp³-hybridized carbons (Fsp3) is 0.929. The molecule has 0 aromatic carbocycles. The molecular weight excluding hydrogens is 210 g/mol. The summed E-state index contributed by atoms with van der Waals surface area (Å²) < 4.78 is 0. The van der Waals surface area contributed by atoms with E-state index in [9.17, 15) is 0 Å². The standard InChI is InChI=1S/C14H27N3/c1-14(8-4-5-9-14)12-16-13(15)17-10-6-2-3-7-11-17/h2-12H2,1H3,(H2,15,16). The van der Waals surface area contributed by atoms with E-state index in [1.165, 1.54) is 51.4 Å². The van der Waals surface area contributed by atoms with Gasteiger partial charge in [-0.05, 0) is 31.1 Å². The number of hydrogen-bond donors (Lipinski definition) is 1. The van der Waals surface area contributed by atoms with Gasteiger partial charge in [0.1, 0.15) is 0 Å². The van der Waals surface area contributed by atoms with Crippen LogP contribution in [0.3, 0.4) is 0 Å². The molecular formula is C14H27N3. The van der Waals surface area contributed by atoms with Crippen LogP contribution in [0.5, 0.6) is 0 Å². The van der Waals surface area contributed by atoms with Gasteiger partial charge in [0.2, 0.25) is 0 Å². The Morgan fingerprint density at radius 1 is 1.06 bits per heavy atom. The molecule has 2 N–H and O–H groups in total. The van der Waals surface area contributed by atoms with Crippen molar-refractivity contribution in [1.82, 2.24) is 4.90 Å². The van der Waals surface area contributed by atoms with Crippen molar-refractivity contribution in [2.75, 3.05) is 19.6 Å². The molecule has 0 unspecified atom stereocenters. The molecule has 2 fully saturated rings. The van der Waals surface area contributed by atoms with Gasteiger partial charge in [-0.2, -0.15) is 0 Å². The van der Waals surface area contributed by atoms with E-state index in [1.54, 1.807) is 0 Å². The third-order valence-corrected chi connectivity index (χ3v) is 4.36. The van der Waals surface area contributed by atoms with Gasteiger partial charge >= 0.3 is 0 Å². The van der Waals surface area contributed by atoms with Crippen LogP contribution in [-0.4, -0.2) is 30.5 Å². The predicted molar refractivity (Wildman–Crippen MR) is 73.1 cm³/mol. The lowest BCUT2D eigenvalue weighted by Gasteiger charge is -2.24. The van der Waals surface area contributed by atoms with E-state index in [1.807, 2.05) is 0 Å². The number of nitrogens with two attached hydrogens (primary N) is 1. The minimum atomic E-state index is 0.427. The first-order valence-corrected chi connectivity index (χ1v) is 7.25. The van der Waals surface area contributed by atoms with Gasteiger partial charge in [0, 0.05) is 19.6 Å². The van der Waals surface area contributed by atoms with E-state index in [4.69, 9.17) is 5.73 Å². The van der Waals surface area contributed by atoms with Crippen molar-refractivity contribution >= 4 is 5.96 Å². The molecule has 1 saturated carbocycles. The average Bonchev–Trinajstić information content (AvgIpc) is 2.60. The zero-order valence-corrected chi connectivity index (χ0v) is 11.2. The summed E-state index contributed by atoms with van der Waals surface area (Å²) in [6.45, 7) is 5.49. The molecule has 2 aliphatic rings. The number of likely N-dealkylation sites (tertiary alicyclic amines) is 1. The fourth-order valence-electron chi connectivity index (χ4n) is 3.06. The molecule has 3 nitrogen and oxygen atoms in total. The molecule has 1 aliphatic heterocycles. The number of guanidine groups is 1. The topological polar surface area (TPSA) is 41.6 Å². The molecule has 98 valence electrons. The number of hydrogen-bond acceptors (Lipinski definition) is 1. The highest BCUT2D eigenvalue weighted by Crippen LogP contribution is 2.37. The van der Waals surface area contributed by atoms with Crippen LogP contribution in [0.1, 0.15) is 58.3 Å². The first-order chi connectivity index (χ1) is 8.20. The molecule has 1 heterocycles. The zero-order valence-electron chi connectivity index (χ0n) is 11.2. The summed E-state index contributed by atoms with van der Waals surface area (Å²) in [5, 5.41) is 0. The second-order valence-corrected chi connectivity index (χ2v) is 6.09. The first-order valence-electron chi connectivity index (χ1n) is 7.25. The van der Waals surface area contributed by atoms with Crippen LogP contribution in [0.2, 0.25) is 0 Å². The summed E-state index contributed by atoms with van der Waals surface area (Å²) in [5.74, 6) is 0.792. The first kappa shape index (κ1) is 12.7. The van der Waals surface area contributed by atoms with E-state index < -0.39 is 0 Å². The Kier molecular flexibility index (Phi) is 4.30. The van der Waals surface area contributed by atoms with Crippen molar-refractivity contribution in [3.8, 4) is 0 Å². The molecule has 0 bridgehead atoms. The van der Waals surface area contributed by atoms with Crippen molar-refractivity contribution < 1.29 is 0 Å². The molecule has 1 saturated heterocycles. The molecule has 0 aromatic rings. The van der Waals surface area contributed by atoms with Crippen molar-refractivity contribution in [1.29, 1.82) is 0 Å². The highest BCUT2D eigenvalue weighted by Gasteiger charge is 2.28. The summed E-state index contributed by atoms with van der Waals surface area (Å²) in [5.41, 5.74) is 6.56. The average molecular weight is 237 g/mol. The Morgan fingerprint density at radius 3 is 2.24 bits per heavy atom. The third kappa shape index (κ3) is 3.62. The maximum atomic E-state index is 6.13. The summed E-state index contributed by atoms with van der Waals surface area (Å²) in [6.07, 6.45) is 10.6. The van der Waals surface area contributed by atoms with Gasteiger partial charge in [0.25, 0.3) is 0 Å². The van der Waals surface area contributed by atoms with Crippen molar-refractivity contribution in [2.45, 2.75) is 58.3 Å².